The maximum Gasteiger partial charge on any atom is 0.392 e. The van der Waals surface area contributed by atoms with Gasteiger partial charge in [-0.05, 0) is 17.7 Å². The Morgan fingerprint density at radius 2 is 1.72 bits per heavy atom. The molecule has 0 radical (unpaired) electrons. The molecule has 0 spiro atoms. The normalized spacial score (nSPS) is 18.9. The number of hydrogen-bond acceptors (Lipinski definition) is 3. The van der Waals surface area contributed by atoms with Gasteiger partial charge in [-0.3, -0.25) is 10.6 Å². The molecular formula is C12H15F3N2O. The van der Waals surface area contributed by atoms with E-state index in [9.17, 15) is 13.2 Å². The van der Waals surface area contributed by atoms with Crippen molar-refractivity contribution in [2.75, 3.05) is 20.2 Å². The maximum atomic E-state index is 12.7. The Hall–Kier alpha value is -1.27. The van der Waals surface area contributed by atoms with Crippen molar-refractivity contribution in [1.82, 2.24) is 10.6 Å². The van der Waals surface area contributed by atoms with Crippen molar-refractivity contribution in [3.63, 3.8) is 0 Å². The van der Waals surface area contributed by atoms with E-state index in [1.165, 1.54) is 7.11 Å². The summed E-state index contributed by atoms with van der Waals surface area (Å²) >= 11 is 0. The lowest BCUT2D eigenvalue weighted by molar-refractivity contribution is -0.152. The Morgan fingerprint density at radius 3 is 2.17 bits per heavy atom. The van der Waals surface area contributed by atoms with Crippen molar-refractivity contribution in [2.45, 2.75) is 18.3 Å². The van der Waals surface area contributed by atoms with Crippen LogP contribution in [0, 0.1) is 0 Å². The second-order valence-corrected chi connectivity index (χ2v) is 4.28. The molecule has 18 heavy (non-hydrogen) atoms. The van der Waals surface area contributed by atoms with E-state index in [0.717, 1.165) is 0 Å². The van der Waals surface area contributed by atoms with Gasteiger partial charge in [-0.2, -0.15) is 13.2 Å². The molecule has 1 aromatic carbocycles. The molecule has 1 aromatic rings. The molecule has 6 heteroatoms. The Morgan fingerprint density at radius 1 is 1.17 bits per heavy atom. The van der Waals surface area contributed by atoms with Crippen LogP contribution in [0.3, 0.4) is 0 Å². The summed E-state index contributed by atoms with van der Waals surface area (Å²) in [5.74, 6) is 0.624. The zero-order valence-electron chi connectivity index (χ0n) is 9.97. The van der Waals surface area contributed by atoms with E-state index >= 15 is 0 Å². The number of halogens is 3. The smallest absolute Gasteiger partial charge is 0.392 e. The molecule has 0 amide bonds. The Kier molecular flexibility index (Phi) is 3.49. The number of ether oxygens (including phenoxy) is 1. The van der Waals surface area contributed by atoms with Crippen LogP contribution in [-0.2, 0) is 5.66 Å². The first kappa shape index (κ1) is 13.2. The van der Waals surface area contributed by atoms with E-state index in [4.69, 9.17) is 4.74 Å². The summed E-state index contributed by atoms with van der Waals surface area (Å²) < 4.78 is 43.0. The highest BCUT2D eigenvalue weighted by atomic mass is 19.4. The van der Waals surface area contributed by atoms with E-state index in [1.54, 1.807) is 24.3 Å². The molecule has 2 N–H and O–H groups in total. The van der Waals surface area contributed by atoms with Gasteiger partial charge in [-0.15, -0.1) is 0 Å². The molecule has 3 nitrogen and oxygen atoms in total. The zero-order valence-corrected chi connectivity index (χ0v) is 9.97. The first-order valence-electron chi connectivity index (χ1n) is 5.66. The Bertz CT molecular complexity index is 397. The largest absolute Gasteiger partial charge is 0.497 e. The van der Waals surface area contributed by atoms with Gasteiger partial charge in [0.25, 0.3) is 0 Å². The summed E-state index contributed by atoms with van der Waals surface area (Å²) in [5.41, 5.74) is -0.650. The minimum Gasteiger partial charge on any atom is -0.497 e. The third-order valence-corrected chi connectivity index (χ3v) is 3.03. The molecule has 0 saturated carbocycles. The second-order valence-electron chi connectivity index (χ2n) is 4.28. The van der Waals surface area contributed by atoms with Crippen molar-refractivity contribution in [3.05, 3.63) is 29.8 Å². The quantitative estimate of drug-likeness (QED) is 0.872. The number of benzene rings is 1. The average molecular weight is 260 g/mol. The van der Waals surface area contributed by atoms with Crippen LogP contribution in [0.15, 0.2) is 24.3 Å². The van der Waals surface area contributed by atoms with Crippen LogP contribution < -0.4 is 15.4 Å². The van der Waals surface area contributed by atoms with Gasteiger partial charge >= 0.3 is 6.18 Å². The standard InChI is InChI=1S/C12H15F3N2O/c1-18-10-4-2-9(3-5-10)11(8-12(13,14)15)16-6-7-17-11/h2-5,16-17H,6-8H2,1H3. The summed E-state index contributed by atoms with van der Waals surface area (Å²) in [6.45, 7) is 1.03. The molecule has 0 unspecified atom stereocenters. The fourth-order valence-electron chi connectivity index (χ4n) is 2.22. The van der Waals surface area contributed by atoms with Gasteiger partial charge in [0.15, 0.2) is 0 Å². The Balaban J connectivity index is 2.28. The van der Waals surface area contributed by atoms with Crippen molar-refractivity contribution in [3.8, 4) is 5.75 Å². The van der Waals surface area contributed by atoms with Gasteiger partial charge in [0.1, 0.15) is 11.4 Å². The highest BCUT2D eigenvalue weighted by molar-refractivity contribution is 5.32. The molecule has 1 heterocycles. The SMILES string of the molecule is COc1ccc(C2(CC(F)(F)F)NCCN2)cc1. The molecule has 1 aliphatic rings. The predicted octanol–water partition coefficient (Wildman–Crippen LogP) is 1.99. The monoisotopic (exact) mass is 260 g/mol. The second kappa shape index (κ2) is 4.78. The molecule has 0 atom stereocenters. The molecular weight excluding hydrogens is 245 g/mol. The molecule has 100 valence electrons. The van der Waals surface area contributed by atoms with Crippen LogP contribution in [0.4, 0.5) is 13.2 Å². The molecule has 0 aromatic heterocycles. The van der Waals surface area contributed by atoms with Gasteiger partial charge in [0.05, 0.1) is 13.5 Å². The lowest BCUT2D eigenvalue weighted by Crippen LogP contribution is -2.49. The van der Waals surface area contributed by atoms with Crippen LogP contribution in [0.1, 0.15) is 12.0 Å². The van der Waals surface area contributed by atoms with Gasteiger partial charge in [-0.25, -0.2) is 0 Å². The fourth-order valence-corrected chi connectivity index (χ4v) is 2.22. The molecule has 0 aliphatic carbocycles. The van der Waals surface area contributed by atoms with Crippen molar-refractivity contribution in [1.29, 1.82) is 0 Å². The molecule has 2 rings (SSSR count). The third-order valence-electron chi connectivity index (χ3n) is 3.03. The summed E-state index contributed by atoms with van der Waals surface area (Å²) in [5, 5.41) is 5.82. The van der Waals surface area contributed by atoms with E-state index in [2.05, 4.69) is 10.6 Å². The van der Waals surface area contributed by atoms with Crippen LogP contribution in [0.25, 0.3) is 0 Å². The molecule has 0 bridgehead atoms. The number of methoxy groups -OCH3 is 1. The first-order chi connectivity index (χ1) is 8.45. The number of nitrogens with one attached hydrogen (secondary N) is 2. The van der Waals surface area contributed by atoms with E-state index in [-0.39, 0.29) is 0 Å². The Labute approximate surface area is 103 Å². The van der Waals surface area contributed by atoms with Crippen LogP contribution in [-0.4, -0.2) is 26.4 Å². The minimum absolute atomic E-state index is 0.516. The van der Waals surface area contributed by atoms with Crippen LogP contribution >= 0.6 is 0 Å². The highest BCUT2D eigenvalue weighted by Gasteiger charge is 2.45. The zero-order chi connectivity index (χ0) is 13.2. The van der Waals surface area contributed by atoms with Crippen LogP contribution in [0.5, 0.6) is 5.75 Å². The maximum absolute atomic E-state index is 12.7. The summed E-state index contributed by atoms with van der Waals surface area (Å²) in [7, 11) is 1.52. The van der Waals surface area contributed by atoms with E-state index < -0.39 is 18.3 Å². The highest BCUT2D eigenvalue weighted by Crippen LogP contribution is 2.34. The summed E-state index contributed by atoms with van der Waals surface area (Å²) in [6.07, 6.45) is -5.17. The van der Waals surface area contributed by atoms with Gasteiger partial charge in [0.2, 0.25) is 0 Å². The van der Waals surface area contributed by atoms with Crippen molar-refractivity contribution >= 4 is 0 Å². The number of rotatable bonds is 3. The lowest BCUT2D eigenvalue weighted by Gasteiger charge is -2.31. The first-order valence-corrected chi connectivity index (χ1v) is 5.66. The molecule has 1 fully saturated rings. The molecule has 1 aliphatic heterocycles. The molecule has 1 saturated heterocycles. The number of alkyl halides is 3. The van der Waals surface area contributed by atoms with E-state index in [0.29, 0.717) is 24.4 Å². The summed E-state index contributed by atoms with van der Waals surface area (Å²) in [4.78, 5) is 0. The topological polar surface area (TPSA) is 33.3 Å². The van der Waals surface area contributed by atoms with E-state index in [1.807, 2.05) is 0 Å². The van der Waals surface area contributed by atoms with Crippen molar-refractivity contribution in [2.24, 2.45) is 0 Å². The average Bonchev–Trinajstić information content (AvgIpc) is 2.76. The number of hydrogen-bond donors (Lipinski definition) is 2. The lowest BCUT2D eigenvalue weighted by atomic mass is 9.96. The summed E-state index contributed by atoms with van der Waals surface area (Å²) in [6, 6.07) is 6.62. The third kappa shape index (κ3) is 2.76. The van der Waals surface area contributed by atoms with Crippen molar-refractivity contribution < 1.29 is 17.9 Å². The van der Waals surface area contributed by atoms with Gasteiger partial charge in [0, 0.05) is 13.1 Å². The minimum atomic E-state index is -4.23. The predicted molar refractivity (Wildman–Crippen MR) is 61.3 cm³/mol. The van der Waals surface area contributed by atoms with Gasteiger partial charge in [-0.1, -0.05) is 12.1 Å². The van der Waals surface area contributed by atoms with Gasteiger partial charge < -0.3 is 4.74 Å². The fraction of sp³-hybridized carbons (Fsp3) is 0.500. The van der Waals surface area contributed by atoms with Crippen LogP contribution in [0.2, 0.25) is 0 Å².